The van der Waals surface area contributed by atoms with Gasteiger partial charge in [-0.25, -0.2) is 4.98 Å². The molecule has 0 saturated heterocycles. The number of rotatable bonds is 3. The third-order valence-corrected chi connectivity index (χ3v) is 3.02. The van der Waals surface area contributed by atoms with Crippen molar-refractivity contribution in [2.24, 2.45) is 0 Å². The molecule has 0 amide bonds. The van der Waals surface area contributed by atoms with Gasteiger partial charge in [-0.1, -0.05) is 0 Å². The van der Waals surface area contributed by atoms with E-state index >= 15 is 0 Å². The van der Waals surface area contributed by atoms with E-state index in [1.165, 1.54) is 11.3 Å². The van der Waals surface area contributed by atoms with Crippen LogP contribution in [0.15, 0.2) is 22.3 Å². The molecule has 2 aromatic rings. The summed E-state index contributed by atoms with van der Waals surface area (Å²) in [4.78, 5) is 18.9. The Morgan fingerprint density at radius 2 is 2.18 bits per heavy atom. The summed E-state index contributed by atoms with van der Waals surface area (Å²) in [6.45, 7) is 5.97. The highest BCUT2D eigenvalue weighted by atomic mass is 32.1. The Kier molecular flexibility index (Phi) is 3.28. The zero-order valence-electron chi connectivity index (χ0n) is 10.1. The van der Waals surface area contributed by atoms with Gasteiger partial charge in [0, 0.05) is 17.1 Å². The van der Waals surface area contributed by atoms with Gasteiger partial charge in [0.25, 0.3) is 5.56 Å². The van der Waals surface area contributed by atoms with E-state index in [1.807, 2.05) is 24.4 Å². The molecule has 0 spiro atoms. The fourth-order valence-electron chi connectivity index (χ4n) is 1.48. The number of pyridine rings is 1. The topological polar surface area (TPSA) is 57.8 Å². The molecule has 0 atom stereocenters. The number of nitrogens with one attached hydrogen (secondary N) is 2. The van der Waals surface area contributed by atoms with Gasteiger partial charge in [0.1, 0.15) is 0 Å². The van der Waals surface area contributed by atoms with E-state index in [4.69, 9.17) is 0 Å². The van der Waals surface area contributed by atoms with Crippen LogP contribution >= 0.6 is 11.3 Å². The van der Waals surface area contributed by atoms with Crippen molar-refractivity contribution in [1.82, 2.24) is 9.97 Å². The Hall–Kier alpha value is -1.62. The molecule has 0 unspecified atom stereocenters. The molecular formula is C12H15N3OS. The van der Waals surface area contributed by atoms with Crippen molar-refractivity contribution < 1.29 is 0 Å². The lowest BCUT2D eigenvalue weighted by molar-refractivity contribution is 0.896. The Labute approximate surface area is 104 Å². The number of H-pyrrole nitrogens is 1. The van der Waals surface area contributed by atoms with E-state index in [1.54, 1.807) is 0 Å². The van der Waals surface area contributed by atoms with Gasteiger partial charge in [-0.15, -0.1) is 11.3 Å². The molecule has 0 aliphatic heterocycles. The molecule has 4 nitrogen and oxygen atoms in total. The summed E-state index contributed by atoms with van der Waals surface area (Å²) in [5.74, 6) is 0. The van der Waals surface area contributed by atoms with Gasteiger partial charge in [0.05, 0.1) is 11.3 Å². The summed E-state index contributed by atoms with van der Waals surface area (Å²) in [5.41, 5.74) is 2.10. The molecule has 17 heavy (non-hydrogen) atoms. The molecule has 0 bridgehead atoms. The van der Waals surface area contributed by atoms with Crippen LogP contribution in [0.3, 0.4) is 0 Å². The highest BCUT2D eigenvalue weighted by molar-refractivity contribution is 7.14. The number of aryl methyl sites for hydroxylation is 1. The minimum Gasteiger partial charge on any atom is -0.359 e. The fourth-order valence-corrected chi connectivity index (χ4v) is 2.34. The zero-order valence-corrected chi connectivity index (χ0v) is 10.9. The number of thiazole rings is 1. The van der Waals surface area contributed by atoms with Gasteiger partial charge in [-0.3, -0.25) is 4.79 Å². The minimum absolute atomic E-state index is 0.0913. The van der Waals surface area contributed by atoms with Gasteiger partial charge in [-0.2, -0.15) is 0 Å². The fraction of sp³-hybridized carbons (Fsp3) is 0.333. The molecule has 0 aliphatic rings. The van der Waals surface area contributed by atoms with Crippen LogP contribution in [0.25, 0.3) is 11.3 Å². The van der Waals surface area contributed by atoms with E-state index in [0.717, 1.165) is 16.5 Å². The summed E-state index contributed by atoms with van der Waals surface area (Å²) in [6, 6.07) is 4.03. The molecule has 2 rings (SSSR count). The Morgan fingerprint density at radius 3 is 2.82 bits per heavy atom. The number of aromatic amines is 1. The molecule has 0 aliphatic carbocycles. The van der Waals surface area contributed by atoms with Crippen molar-refractivity contribution in [2.75, 3.05) is 5.32 Å². The summed E-state index contributed by atoms with van der Waals surface area (Å²) in [5, 5.41) is 5.96. The maximum Gasteiger partial charge on any atom is 0.257 e. The first kappa shape index (κ1) is 11.9. The number of anilines is 1. The lowest BCUT2D eigenvalue weighted by Gasteiger charge is -2.04. The number of nitrogens with zero attached hydrogens (tertiary/aromatic N) is 1. The maximum atomic E-state index is 11.8. The minimum atomic E-state index is -0.0913. The van der Waals surface area contributed by atoms with Crippen LogP contribution in [0.5, 0.6) is 0 Å². The Bertz CT molecular complexity index is 571. The van der Waals surface area contributed by atoms with E-state index in [0.29, 0.717) is 11.6 Å². The summed E-state index contributed by atoms with van der Waals surface area (Å²) in [7, 11) is 0. The molecule has 2 heterocycles. The van der Waals surface area contributed by atoms with Crippen molar-refractivity contribution in [2.45, 2.75) is 26.8 Å². The largest absolute Gasteiger partial charge is 0.359 e. The average Bonchev–Trinajstić information content (AvgIpc) is 2.65. The number of aromatic nitrogens is 2. The first-order valence-corrected chi connectivity index (χ1v) is 6.36. The summed E-state index contributed by atoms with van der Waals surface area (Å²) >= 11 is 1.51. The lowest BCUT2D eigenvalue weighted by atomic mass is 10.2. The Morgan fingerprint density at radius 1 is 1.41 bits per heavy atom. The first-order valence-electron chi connectivity index (χ1n) is 5.48. The van der Waals surface area contributed by atoms with Crippen molar-refractivity contribution in [3.05, 3.63) is 33.6 Å². The molecule has 0 saturated carbocycles. The second-order valence-corrected chi connectivity index (χ2v) is 5.08. The smallest absolute Gasteiger partial charge is 0.257 e. The van der Waals surface area contributed by atoms with Gasteiger partial charge < -0.3 is 10.3 Å². The van der Waals surface area contributed by atoms with Crippen LogP contribution in [-0.2, 0) is 0 Å². The van der Waals surface area contributed by atoms with E-state index in [2.05, 4.69) is 29.1 Å². The molecular weight excluding hydrogens is 234 g/mol. The highest BCUT2D eigenvalue weighted by Gasteiger charge is 2.08. The van der Waals surface area contributed by atoms with E-state index in [9.17, 15) is 4.79 Å². The second kappa shape index (κ2) is 4.71. The molecule has 2 N–H and O–H groups in total. The summed E-state index contributed by atoms with van der Waals surface area (Å²) in [6.07, 6.45) is 0. The monoisotopic (exact) mass is 249 g/mol. The second-order valence-electron chi connectivity index (χ2n) is 4.22. The van der Waals surface area contributed by atoms with Crippen molar-refractivity contribution in [3.8, 4) is 11.3 Å². The van der Waals surface area contributed by atoms with Crippen LogP contribution in [0.2, 0.25) is 0 Å². The quantitative estimate of drug-likeness (QED) is 0.879. The molecule has 2 aromatic heterocycles. The standard InChI is InChI=1S/C12H15N3OS/c1-7(2)13-12-15-10(6-17-12)9-5-4-8(3)14-11(9)16/h4-7H,1-3H3,(H,13,15)(H,14,16). The van der Waals surface area contributed by atoms with Gasteiger partial charge in [-0.05, 0) is 32.9 Å². The summed E-state index contributed by atoms with van der Waals surface area (Å²) < 4.78 is 0. The van der Waals surface area contributed by atoms with E-state index < -0.39 is 0 Å². The van der Waals surface area contributed by atoms with Gasteiger partial charge >= 0.3 is 0 Å². The van der Waals surface area contributed by atoms with Crippen LogP contribution in [0.1, 0.15) is 19.5 Å². The predicted octanol–water partition coefficient (Wildman–Crippen LogP) is 2.63. The Balaban J connectivity index is 2.34. The SMILES string of the molecule is Cc1ccc(-c2csc(NC(C)C)n2)c(=O)[nH]1. The van der Waals surface area contributed by atoms with Crippen molar-refractivity contribution in [1.29, 1.82) is 0 Å². The predicted molar refractivity (Wildman–Crippen MR) is 71.7 cm³/mol. The van der Waals surface area contributed by atoms with Gasteiger partial charge in [0.2, 0.25) is 0 Å². The van der Waals surface area contributed by atoms with Crippen LogP contribution in [0, 0.1) is 6.92 Å². The molecule has 90 valence electrons. The van der Waals surface area contributed by atoms with E-state index in [-0.39, 0.29) is 5.56 Å². The van der Waals surface area contributed by atoms with Crippen LogP contribution in [-0.4, -0.2) is 16.0 Å². The molecule has 0 radical (unpaired) electrons. The first-order chi connectivity index (χ1) is 8.06. The van der Waals surface area contributed by atoms with Gasteiger partial charge in [0.15, 0.2) is 5.13 Å². The third-order valence-electron chi connectivity index (χ3n) is 2.25. The molecule has 5 heteroatoms. The average molecular weight is 249 g/mol. The number of hydrogen-bond acceptors (Lipinski definition) is 4. The van der Waals surface area contributed by atoms with Crippen molar-refractivity contribution in [3.63, 3.8) is 0 Å². The van der Waals surface area contributed by atoms with Crippen LogP contribution in [0.4, 0.5) is 5.13 Å². The maximum absolute atomic E-state index is 11.8. The zero-order chi connectivity index (χ0) is 12.4. The normalized spacial score (nSPS) is 10.8. The number of hydrogen-bond donors (Lipinski definition) is 2. The third kappa shape index (κ3) is 2.74. The molecule has 0 aromatic carbocycles. The molecule has 0 fully saturated rings. The van der Waals surface area contributed by atoms with Crippen molar-refractivity contribution >= 4 is 16.5 Å². The highest BCUT2D eigenvalue weighted by Crippen LogP contribution is 2.22. The lowest BCUT2D eigenvalue weighted by Crippen LogP contribution is -2.11. The van der Waals surface area contributed by atoms with Crippen LogP contribution < -0.4 is 10.9 Å².